The lowest BCUT2D eigenvalue weighted by atomic mass is 10.4. The summed E-state index contributed by atoms with van der Waals surface area (Å²) in [4.78, 5) is 4.28. The second-order valence-corrected chi connectivity index (χ2v) is 6.12. The van der Waals surface area contributed by atoms with Gasteiger partial charge in [-0.3, -0.25) is 0 Å². The summed E-state index contributed by atoms with van der Waals surface area (Å²) in [5.74, 6) is 1.04. The van der Waals surface area contributed by atoms with Crippen LogP contribution in [0.3, 0.4) is 0 Å². The number of aromatic nitrogens is 2. The second kappa shape index (κ2) is 5.21. The number of imidazole rings is 1. The molecule has 0 fully saturated rings. The van der Waals surface area contributed by atoms with Gasteiger partial charge in [-0.1, -0.05) is 13.8 Å². The van der Waals surface area contributed by atoms with Gasteiger partial charge < -0.3 is 4.57 Å². The van der Waals surface area contributed by atoms with E-state index in [1.807, 2.05) is 18.0 Å². The minimum Gasteiger partial charge on any atom is -0.319 e. The molecule has 0 aliphatic carbocycles. The fourth-order valence-corrected chi connectivity index (χ4v) is 2.73. The van der Waals surface area contributed by atoms with Crippen LogP contribution in [0.1, 0.15) is 39.4 Å². The zero-order chi connectivity index (χ0) is 10.7. The Morgan fingerprint density at radius 3 is 2.57 bits per heavy atom. The van der Waals surface area contributed by atoms with E-state index in [0.717, 1.165) is 10.5 Å². The number of halogens is 1. The Morgan fingerprint density at radius 1 is 1.43 bits per heavy atom. The Morgan fingerprint density at radius 2 is 2.07 bits per heavy atom. The van der Waals surface area contributed by atoms with Crippen LogP contribution in [-0.4, -0.2) is 14.8 Å². The maximum Gasteiger partial charge on any atom is 0.177 e. The number of rotatable bonds is 4. The van der Waals surface area contributed by atoms with Crippen LogP contribution >= 0.6 is 27.7 Å². The molecule has 0 amide bonds. The van der Waals surface area contributed by atoms with Gasteiger partial charge in [-0.25, -0.2) is 4.98 Å². The predicted molar refractivity (Wildman–Crippen MR) is 66.7 cm³/mol. The summed E-state index contributed by atoms with van der Waals surface area (Å²) in [5.41, 5.74) is 1.30. The van der Waals surface area contributed by atoms with Crippen LogP contribution in [0.4, 0.5) is 0 Å². The molecule has 0 aliphatic heterocycles. The van der Waals surface area contributed by atoms with E-state index in [1.54, 1.807) is 0 Å². The minimum atomic E-state index is 0.467. The molecule has 0 bridgehead atoms. The van der Waals surface area contributed by atoms with Gasteiger partial charge in [-0.2, -0.15) is 11.8 Å². The molecule has 0 saturated carbocycles. The normalized spacial score (nSPS) is 11.6. The van der Waals surface area contributed by atoms with Crippen molar-refractivity contribution >= 4 is 27.7 Å². The van der Waals surface area contributed by atoms with E-state index in [1.165, 1.54) is 5.69 Å². The molecule has 14 heavy (non-hydrogen) atoms. The number of nitrogens with zero attached hydrogens (tertiary/aromatic N) is 2. The largest absolute Gasteiger partial charge is 0.319 e. The van der Waals surface area contributed by atoms with Gasteiger partial charge in [0.2, 0.25) is 0 Å². The second-order valence-electron chi connectivity index (χ2n) is 3.84. The van der Waals surface area contributed by atoms with Gasteiger partial charge in [-0.15, -0.1) is 0 Å². The van der Waals surface area contributed by atoms with Crippen molar-refractivity contribution in [1.82, 2.24) is 9.55 Å². The minimum absolute atomic E-state index is 0.467. The van der Waals surface area contributed by atoms with Gasteiger partial charge in [-0.05, 0) is 35.0 Å². The standard InChI is InChI=1S/C10H17BrN2S/c1-7(2)13-9(5-12-10(13)11)6-14-8(3)4/h5,7-8H,6H2,1-4H3. The van der Waals surface area contributed by atoms with E-state index in [0.29, 0.717) is 11.3 Å². The highest BCUT2D eigenvalue weighted by Crippen LogP contribution is 2.23. The molecule has 1 aromatic rings. The maximum absolute atomic E-state index is 4.28. The molecule has 0 radical (unpaired) electrons. The van der Waals surface area contributed by atoms with Gasteiger partial charge in [0.05, 0.1) is 6.20 Å². The highest BCUT2D eigenvalue weighted by molar-refractivity contribution is 9.10. The monoisotopic (exact) mass is 276 g/mol. The van der Waals surface area contributed by atoms with Crippen molar-refractivity contribution in [1.29, 1.82) is 0 Å². The predicted octanol–water partition coefficient (Wildman–Crippen LogP) is 3.87. The highest BCUT2D eigenvalue weighted by Gasteiger charge is 2.10. The van der Waals surface area contributed by atoms with Crippen LogP contribution in [0.15, 0.2) is 10.9 Å². The van der Waals surface area contributed by atoms with Gasteiger partial charge in [0.25, 0.3) is 0 Å². The van der Waals surface area contributed by atoms with E-state index in [4.69, 9.17) is 0 Å². The molecule has 1 aromatic heterocycles. The van der Waals surface area contributed by atoms with Crippen molar-refractivity contribution in [3.05, 3.63) is 16.6 Å². The van der Waals surface area contributed by atoms with E-state index >= 15 is 0 Å². The molecule has 0 unspecified atom stereocenters. The van der Waals surface area contributed by atoms with E-state index in [9.17, 15) is 0 Å². The van der Waals surface area contributed by atoms with Crippen molar-refractivity contribution in [2.75, 3.05) is 0 Å². The first-order chi connectivity index (χ1) is 6.52. The number of thioether (sulfide) groups is 1. The molecule has 0 atom stereocenters. The van der Waals surface area contributed by atoms with Gasteiger partial charge >= 0.3 is 0 Å². The zero-order valence-electron chi connectivity index (χ0n) is 9.12. The smallest absolute Gasteiger partial charge is 0.177 e. The van der Waals surface area contributed by atoms with Crippen molar-refractivity contribution < 1.29 is 0 Å². The number of hydrogen-bond acceptors (Lipinski definition) is 2. The average Bonchev–Trinajstić information content (AvgIpc) is 2.43. The van der Waals surface area contributed by atoms with Gasteiger partial charge in [0.1, 0.15) is 0 Å². The molecule has 2 nitrogen and oxygen atoms in total. The van der Waals surface area contributed by atoms with Crippen molar-refractivity contribution in [3.63, 3.8) is 0 Å². The molecule has 0 saturated heterocycles. The maximum atomic E-state index is 4.28. The first-order valence-corrected chi connectivity index (χ1v) is 6.69. The van der Waals surface area contributed by atoms with Crippen molar-refractivity contribution in [2.24, 2.45) is 0 Å². The Labute approximate surface area is 98.6 Å². The Bertz CT molecular complexity index is 294. The molecular formula is C10H17BrN2S. The molecule has 80 valence electrons. The molecule has 0 aromatic carbocycles. The summed E-state index contributed by atoms with van der Waals surface area (Å²) in [5, 5.41) is 0.671. The Hall–Kier alpha value is 0.0400. The summed E-state index contributed by atoms with van der Waals surface area (Å²) in [6.07, 6.45) is 1.96. The molecule has 0 N–H and O–H groups in total. The third-order valence-corrected chi connectivity index (χ3v) is 3.63. The summed E-state index contributed by atoms with van der Waals surface area (Å²) in [7, 11) is 0. The summed E-state index contributed by atoms with van der Waals surface area (Å²) in [6.45, 7) is 8.79. The topological polar surface area (TPSA) is 17.8 Å². The lowest BCUT2D eigenvalue weighted by Gasteiger charge is -2.13. The van der Waals surface area contributed by atoms with Crippen molar-refractivity contribution in [3.8, 4) is 0 Å². The van der Waals surface area contributed by atoms with Crippen LogP contribution in [0.2, 0.25) is 0 Å². The van der Waals surface area contributed by atoms with Crippen LogP contribution in [0.25, 0.3) is 0 Å². The number of hydrogen-bond donors (Lipinski definition) is 0. The van der Waals surface area contributed by atoms with E-state index < -0.39 is 0 Å². The molecular weight excluding hydrogens is 260 g/mol. The summed E-state index contributed by atoms with van der Waals surface area (Å²) < 4.78 is 3.17. The van der Waals surface area contributed by atoms with Crippen LogP contribution in [-0.2, 0) is 5.75 Å². The first-order valence-electron chi connectivity index (χ1n) is 4.85. The highest BCUT2D eigenvalue weighted by atomic mass is 79.9. The average molecular weight is 277 g/mol. The fraction of sp³-hybridized carbons (Fsp3) is 0.700. The van der Waals surface area contributed by atoms with Crippen LogP contribution in [0.5, 0.6) is 0 Å². The van der Waals surface area contributed by atoms with E-state index in [2.05, 4.69) is 53.2 Å². The van der Waals surface area contributed by atoms with Crippen LogP contribution in [0, 0.1) is 0 Å². The third-order valence-electron chi connectivity index (χ3n) is 1.91. The Kier molecular flexibility index (Phi) is 4.51. The SMILES string of the molecule is CC(C)SCc1cnc(Br)n1C(C)C. The first kappa shape index (κ1) is 12.1. The van der Waals surface area contributed by atoms with E-state index in [-0.39, 0.29) is 0 Å². The molecule has 0 spiro atoms. The molecule has 4 heteroatoms. The quantitative estimate of drug-likeness (QED) is 0.831. The third kappa shape index (κ3) is 3.02. The summed E-state index contributed by atoms with van der Waals surface area (Å²) >= 11 is 5.41. The van der Waals surface area contributed by atoms with Crippen LogP contribution < -0.4 is 0 Å². The van der Waals surface area contributed by atoms with Gasteiger partial charge in [0, 0.05) is 17.5 Å². The fourth-order valence-electron chi connectivity index (χ4n) is 1.27. The molecule has 0 aliphatic rings. The molecule has 1 rings (SSSR count). The lowest BCUT2D eigenvalue weighted by molar-refractivity contribution is 0.571. The lowest BCUT2D eigenvalue weighted by Crippen LogP contribution is -2.05. The summed E-state index contributed by atoms with van der Waals surface area (Å²) in [6, 6.07) is 0.467. The zero-order valence-corrected chi connectivity index (χ0v) is 11.5. The van der Waals surface area contributed by atoms with Crippen molar-refractivity contribution in [2.45, 2.75) is 44.7 Å². The Balaban J connectivity index is 2.76. The molecule has 1 heterocycles. The van der Waals surface area contributed by atoms with Gasteiger partial charge in [0.15, 0.2) is 4.73 Å².